The first-order chi connectivity index (χ1) is 9.90. The third-order valence-electron chi connectivity index (χ3n) is 2.72. The topological polar surface area (TPSA) is 54.0 Å². The number of rotatable bonds is 3. The summed E-state index contributed by atoms with van der Waals surface area (Å²) in [6.07, 6.45) is 0. The number of hydrogen-bond donors (Lipinski definition) is 2. The smallest absolute Gasteiger partial charge is 0.255 e. The average Bonchev–Trinajstić information content (AvgIpc) is 2.41. The Labute approximate surface area is 128 Å². The zero-order valence-electron chi connectivity index (χ0n) is 11.3. The van der Waals surface area contributed by atoms with E-state index < -0.39 is 17.5 Å². The molecule has 0 fully saturated rings. The maximum Gasteiger partial charge on any atom is 0.255 e. The van der Waals surface area contributed by atoms with E-state index in [9.17, 15) is 13.6 Å². The molecule has 110 valence electrons. The molecule has 1 heterocycles. The van der Waals surface area contributed by atoms with Crippen molar-refractivity contribution >= 4 is 33.3 Å². The Hall–Kier alpha value is -2.02. The van der Waals surface area contributed by atoms with Crippen LogP contribution in [0, 0.1) is 18.6 Å². The van der Waals surface area contributed by atoms with Crippen LogP contribution < -0.4 is 10.6 Å². The molecule has 2 aromatic rings. The second kappa shape index (κ2) is 6.17. The first-order valence-electron chi connectivity index (χ1n) is 6.03. The standard InChI is InChI=1S/C14H12BrF2N3O/c1-7-3-8(4-12(18-2)19-7)14(21)20-13-10(15)5-9(16)6-11(13)17/h3-6H,1-2H3,(H,18,19)(H,20,21). The van der Waals surface area contributed by atoms with Gasteiger partial charge in [0.15, 0.2) is 5.82 Å². The number of benzene rings is 1. The van der Waals surface area contributed by atoms with E-state index in [-0.39, 0.29) is 10.2 Å². The van der Waals surface area contributed by atoms with Crippen molar-refractivity contribution in [2.75, 3.05) is 17.7 Å². The maximum absolute atomic E-state index is 13.7. The fourth-order valence-corrected chi connectivity index (χ4v) is 2.28. The van der Waals surface area contributed by atoms with Crippen LogP contribution >= 0.6 is 15.9 Å². The molecule has 0 unspecified atom stereocenters. The van der Waals surface area contributed by atoms with Crippen molar-refractivity contribution in [1.82, 2.24) is 4.98 Å². The second-order valence-corrected chi connectivity index (χ2v) is 5.19. The van der Waals surface area contributed by atoms with Crippen molar-refractivity contribution in [2.45, 2.75) is 6.92 Å². The minimum atomic E-state index is -0.852. The molecule has 7 heteroatoms. The summed E-state index contributed by atoms with van der Waals surface area (Å²) in [7, 11) is 1.68. The van der Waals surface area contributed by atoms with Crippen LogP contribution in [-0.2, 0) is 0 Å². The molecule has 0 saturated carbocycles. The summed E-state index contributed by atoms with van der Waals surface area (Å²) in [5.41, 5.74) is 0.856. The molecule has 0 bridgehead atoms. The molecule has 21 heavy (non-hydrogen) atoms. The minimum absolute atomic E-state index is 0.109. The SMILES string of the molecule is CNc1cc(C(=O)Nc2c(F)cc(F)cc2Br)cc(C)n1. The van der Waals surface area contributed by atoms with Gasteiger partial charge >= 0.3 is 0 Å². The van der Waals surface area contributed by atoms with Gasteiger partial charge in [0.1, 0.15) is 11.6 Å². The van der Waals surface area contributed by atoms with Crippen molar-refractivity contribution in [3.63, 3.8) is 0 Å². The molecule has 1 aromatic heterocycles. The summed E-state index contributed by atoms with van der Waals surface area (Å²) in [6.45, 7) is 1.74. The van der Waals surface area contributed by atoms with E-state index in [4.69, 9.17) is 0 Å². The number of nitrogens with one attached hydrogen (secondary N) is 2. The van der Waals surface area contributed by atoms with E-state index in [1.807, 2.05) is 0 Å². The molecule has 2 rings (SSSR count). The largest absolute Gasteiger partial charge is 0.373 e. The number of pyridine rings is 1. The van der Waals surface area contributed by atoms with Gasteiger partial charge in [-0.3, -0.25) is 4.79 Å². The van der Waals surface area contributed by atoms with Gasteiger partial charge in [-0.05, 0) is 41.1 Å². The van der Waals surface area contributed by atoms with Crippen molar-refractivity contribution in [2.24, 2.45) is 0 Å². The number of amides is 1. The van der Waals surface area contributed by atoms with Gasteiger partial charge in [-0.25, -0.2) is 13.8 Å². The highest BCUT2D eigenvalue weighted by molar-refractivity contribution is 9.10. The third-order valence-corrected chi connectivity index (χ3v) is 3.34. The van der Waals surface area contributed by atoms with Crippen molar-refractivity contribution in [3.8, 4) is 0 Å². The van der Waals surface area contributed by atoms with Crippen LogP contribution in [0.1, 0.15) is 16.1 Å². The van der Waals surface area contributed by atoms with Gasteiger partial charge in [0.2, 0.25) is 0 Å². The Morgan fingerprint density at radius 1 is 1.24 bits per heavy atom. The Morgan fingerprint density at radius 2 is 1.95 bits per heavy atom. The number of carbonyl (C=O) groups excluding carboxylic acids is 1. The fourth-order valence-electron chi connectivity index (χ4n) is 1.78. The lowest BCUT2D eigenvalue weighted by molar-refractivity contribution is 0.102. The highest BCUT2D eigenvalue weighted by atomic mass is 79.9. The van der Waals surface area contributed by atoms with E-state index in [0.29, 0.717) is 23.1 Å². The number of hydrogen-bond acceptors (Lipinski definition) is 3. The molecular formula is C14H12BrF2N3O. The highest BCUT2D eigenvalue weighted by Crippen LogP contribution is 2.27. The molecule has 2 N–H and O–H groups in total. The molecule has 1 amide bonds. The van der Waals surface area contributed by atoms with E-state index in [2.05, 4.69) is 31.5 Å². The molecule has 0 saturated heterocycles. The van der Waals surface area contributed by atoms with Crippen molar-refractivity contribution in [1.29, 1.82) is 0 Å². The van der Waals surface area contributed by atoms with Crippen LogP contribution in [0.25, 0.3) is 0 Å². The number of aryl methyl sites for hydroxylation is 1. The number of aromatic nitrogens is 1. The molecule has 0 spiro atoms. The van der Waals surface area contributed by atoms with Gasteiger partial charge in [0.05, 0.1) is 5.69 Å². The van der Waals surface area contributed by atoms with Crippen LogP contribution in [0.5, 0.6) is 0 Å². The highest BCUT2D eigenvalue weighted by Gasteiger charge is 2.15. The van der Waals surface area contributed by atoms with Gasteiger partial charge in [0, 0.05) is 28.8 Å². The minimum Gasteiger partial charge on any atom is -0.373 e. The third kappa shape index (κ3) is 3.55. The monoisotopic (exact) mass is 355 g/mol. The van der Waals surface area contributed by atoms with Gasteiger partial charge < -0.3 is 10.6 Å². The predicted molar refractivity (Wildman–Crippen MR) is 80.5 cm³/mol. The number of carbonyl (C=O) groups is 1. The lowest BCUT2D eigenvalue weighted by Gasteiger charge is -2.10. The number of halogens is 3. The molecule has 0 radical (unpaired) electrons. The number of nitrogens with zero attached hydrogens (tertiary/aromatic N) is 1. The van der Waals surface area contributed by atoms with E-state index in [1.54, 1.807) is 20.0 Å². The summed E-state index contributed by atoms with van der Waals surface area (Å²) >= 11 is 3.02. The zero-order valence-corrected chi connectivity index (χ0v) is 12.9. The molecule has 1 aromatic carbocycles. The summed E-state index contributed by atoms with van der Waals surface area (Å²) in [6, 6.07) is 4.90. The molecule has 4 nitrogen and oxygen atoms in total. The Morgan fingerprint density at radius 3 is 2.57 bits per heavy atom. The van der Waals surface area contributed by atoms with Crippen LogP contribution in [0.4, 0.5) is 20.3 Å². The van der Waals surface area contributed by atoms with Gasteiger partial charge in [-0.1, -0.05) is 0 Å². The van der Waals surface area contributed by atoms with Gasteiger partial charge in [0.25, 0.3) is 5.91 Å². The second-order valence-electron chi connectivity index (χ2n) is 4.33. The molecule has 0 atom stereocenters. The van der Waals surface area contributed by atoms with E-state index in [1.165, 1.54) is 6.07 Å². The Kier molecular flexibility index (Phi) is 4.52. The molecule has 0 aliphatic heterocycles. The first kappa shape index (κ1) is 15.4. The maximum atomic E-state index is 13.7. The van der Waals surface area contributed by atoms with Gasteiger partial charge in [-0.15, -0.1) is 0 Å². The van der Waals surface area contributed by atoms with Crippen LogP contribution in [0.2, 0.25) is 0 Å². The Balaban J connectivity index is 2.32. The lowest BCUT2D eigenvalue weighted by atomic mass is 10.2. The Bertz CT molecular complexity index is 684. The van der Waals surface area contributed by atoms with Crippen LogP contribution in [0.15, 0.2) is 28.7 Å². The number of anilines is 2. The molecule has 0 aliphatic carbocycles. The van der Waals surface area contributed by atoms with Crippen molar-refractivity contribution in [3.05, 3.63) is 51.6 Å². The zero-order chi connectivity index (χ0) is 15.6. The predicted octanol–water partition coefficient (Wildman–Crippen LogP) is 3.72. The molecular weight excluding hydrogens is 344 g/mol. The quantitative estimate of drug-likeness (QED) is 0.881. The average molecular weight is 356 g/mol. The summed E-state index contributed by atoms with van der Waals surface area (Å²) < 4.78 is 26.9. The van der Waals surface area contributed by atoms with E-state index in [0.717, 1.165) is 6.07 Å². The first-order valence-corrected chi connectivity index (χ1v) is 6.82. The van der Waals surface area contributed by atoms with Crippen molar-refractivity contribution < 1.29 is 13.6 Å². The summed E-state index contributed by atoms with van der Waals surface area (Å²) in [5, 5.41) is 5.25. The van der Waals surface area contributed by atoms with E-state index >= 15 is 0 Å². The van der Waals surface area contributed by atoms with Gasteiger partial charge in [-0.2, -0.15) is 0 Å². The molecule has 0 aliphatic rings. The lowest BCUT2D eigenvalue weighted by Crippen LogP contribution is -2.14. The van der Waals surface area contributed by atoms with Crippen LogP contribution in [0.3, 0.4) is 0 Å². The summed E-state index contributed by atoms with van der Waals surface area (Å²) in [5.74, 6) is -1.56. The normalized spacial score (nSPS) is 10.3. The summed E-state index contributed by atoms with van der Waals surface area (Å²) in [4.78, 5) is 16.3. The fraction of sp³-hybridized carbons (Fsp3) is 0.143. The van der Waals surface area contributed by atoms with Crippen LogP contribution in [-0.4, -0.2) is 17.9 Å².